The number of hydrogen-bond acceptors (Lipinski definition) is 3. The molecule has 24 heavy (non-hydrogen) atoms. The third kappa shape index (κ3) is 1.74. The second kappa shape index (κ2) is 4.85. The molecular formula is C21H24O2S. The predicted molar refractivity (Wildman–Crippen MR) is 98.6 cm³/mol. The first kappa shape index (κ1) is 16.1. The Morgan fingerprint density at radius 2 is 1.88 bits per heavy atom. The summed E-state index contributed by atoms with van der Waals surface area (Å²) >= 11 is 4.52. The van der Waals surface area contributed by atoms with Gasteiger partial charge in [0, 0.05) is 17.3 Å². The first-order valence-corrected chi connectivity index (χ1v) is 9.25. The SMILES string of the molecule is C=C1C(=C)[C@@H]2[C@H](CC[C@]3(C)C(=O)CC[C@@H]23)[C@@]2(C)C=CC(=O)C(S)=C12. The highest BCUT2D eigenvalue weighted by Crippen LogP contribution is 2.66. The lowest BCUT2D eigenvalue weighted by Crippen LogP contribution is -2.51. The molecule has 4 aliphatic carbocycles. The van der Waals surface area contributed by atoms with E-state index in [1.165, 1.54) is 0 Å². The van der Waals surface area contributed by atoms with E-state index in [1.54, 1.807) is 6.08 Å². The summed E-state index contributed by atoms with van der Waals surface area (Å²) in [5.74, 6) is 1.35. The van der Waals surface area contributed by atoms with Crippen LogP contribution < -0.4 is 0 Å². The van der Waals surface area contributed by atoms with Crippen LogP contribution in [-0.4, -0.2) is 11.6 Å². The van der Waals surface area contributed by atoms with E-state index in [9.17, 15) is 9.59 Å². The van der Waals surface area contributed by atoms with Crippen LogP contribution in [0.25, 0.3) is 0 Å². The topological polar surface area (TPSA) is 34.1 Å². The van der Waals surface area contributed by atoms with Crippen molar-refractivity contribution in [2.75, 3.05) is 0 Å². The lowest BCUT2D eigenvalue weighted by Gasteiger charge is -2.57. The Bertz CT molecular complexity index is 771. The van der Waals surface area contributed by atoms with Crippen LogP contribution in [-0.2, 0) is 9.59 Å². The van der Waals surface area contributed by atoms with Gasteiger partial charge in [-0.1, -0.05) is 33.1 Å². The zero-order valence-electron chi connectivity index (χ0n) is 14.4. The molecule has 0 aliphatic heterocycles. The van der Waals surface area contributed by atoms with Crippen LogP contribution in [0.15, 0.2) is 46.9 Å². The van der Waals surface area contributed by atoms with Gasteiger partial charge < -0.3 is 0 Å². The van der Waals surface area contributed by atoms with Crippen molar-refractivity contribution in [3.8, 4) is 0 Å². The molecule has 3 saturated carbocycles. The van der Waals surface area contributed by atoms with Crippen molar-refractivity contribution in [1.29, 1.82) is 0 Å². The fraction of sp³-hybridized carbons (Fsp3) is 0.524. The van der Waals surface area contributed by atoms with Gasteiger partial charge in [0.2, 0.25) is 0 Å². The second-order valence-electron chi connectivity index (χ2n) is 8.36. The third-order valence-corrected chi connectivity index (χ3v) is 7.88. The molecule has 3 heteroatoms. The maximum atomic E-state index is 12.5. The minimum Gasteiger partial charge on any atom is -0.299 e. The number of carbonyl (C=O) groups is 2. The quantitative estimate of drug-likeness (QED) is 0.661. The zero-order valence-corrected chi connectivity index (χ0v) is 15.3. The Morgan fingerprint density at radius 1 is 1.17 bits per heavy atom. The lowest BCUT2D eigenvalue weighted by atomic mass is 9.46. The fourth-order valence-electron chi connectivity index (χ4n) is 6.00. The van der Waals surface area contributed by atoms with Gasteiger partial charge in [0.15, 0.2) is 5.78 Å². The van der Waals surface area contributed by atoms with E-state index in [0.29, 0.717) is 28.9 Å². The number of ketones is 2. The van der Waals surface area contributed by atoms with Crippen molar-refractivity contribution in [3.63, 3.8) is 0 Å². The average Bonchev–Trinajstić information content (AvgIpc) is 2.84. The van der Waals surface area contributed by atoms with E-state index in [2.05, 4.69) is 45.7 Å². The van der Waals surface area contributed by atoms with Crippen LogP contribution in [0.5, 0.6) is 0 Å². The van der Waals surface area contributed by atoms with Crippen LogP contribution in [0.1, 0.15) is 39.5 Å². The minimum atomic E-state index is -0.235. The number of fused-ring (bicyclic) bond motifs is 5. The monoisotopic (exact) mass is 340 g/mol. The van der Waals surface area contributed by atoms with Crippen molar-refractivity contribution in [2.24, 2.45) is 28.6 Å². The Morgan fingerprint density at radius 3 is 2.58 bits per heavy atom. The van der Waals surface area contributed by atoms with Gasteiger partial charge in [0.05, 0.1) is 4.91 Å². The lowest BCUT2D eigenvalue weighted by molar-refractivity contribution is -0.130. The van der Waals surface area contributed by atoms with Crippen molar-refractivity contribution in [3.05, 3.63) is 46.9 Å². The van der Waals surface area contributed by atoms with E-state index in [1.807, 2.05) is 0 Å². The molecule has 4 rings (SSSR count). The Kier molecular flexibility index (Phi) is 3.26. The van der Waals surface area contributed by atoms with Crippen LogP contribution in [0.2, 0.25) is 0 Å². The highest BCUT2D eigenvalue weighted by molar-refractivity contribution is 7.85. The van der Waals surface area contributed by atoms with Gasteiger partial charge in [-0.2, -0.15) is 0 Å². The Hall–Kier alpha value is -1.35. The summed E-state index contributed by atoms with van der Waals surface area (Å²) < 4.78 is 0. The summed E-state index contributed by atoms with van der Waals surface area (Å²) in [5.41, 5.74) is 2.40. The van der Waals surface area contributed by atoms with E-state index >= 15 is 0 Å². The highest BCUT2D eigenvalue weighted by Gasteiger charge is 2.60. The number of allylic oxidation sites excluding steroid dienone is 6. The summed E-state index contributed by atoms with van der Waals surface area (Å²) in [6.07, 6.45) is 7.28. The molecule has 0 aromatic rings. The molecule has 0 bridgehead atoms. The summed E-state index contributed by atoms with van der Waals surface area (Å²) in [4.78, 5) is 25.2. The maximum absolute atomic E-state index is 12.5. The van der Waals surface area contributed by atoms with Crippen LogP contribution >= 0.6 is 12.6 Å². The minimum absolute atomic E-state index is 0.0464. The third-order valence-electron chi connectivity index (χ3n) is 7.43. The molecule has 2 nitrogen and oxygen atoms in total. The zero-order chi connectivity index (χ0) is 17.4. The molecule has 0 radical (unpaired) electrons. The van der Waals surface area contributed by atoms with Crippen molar-refractivity contribution in [1.82, 2.24) is 0 Å². The molecule has 3 fully saturated rings. The van der Waals surface area contributed by atoms with Gasteiger partial charge in [0.1, 0.15) is 5.78 Å². The first-order chi connectivity index (χ1) is 11.2. The molecule has 0 saturated heterocycles. The fourth-order valence-corrected chi connectivity index (χ4v) is 6.45. The molecule has 4 aliphatic rings. The molecule has 0 aromatic heterocycles. The number of carbonyl (C=O) groups excluding carboxylic acids is 2. The van der Waals surface area contributed by atoms with Crippen molar-refractivity contribution < 1.29 is 9.59 Å². The Labute approximate surface area is 149 Å². The molecule has 0 N–H and O–H groups in total. The summed E-state index contributed by atoms with van der Waals surface area (Å²) in [6.45, 7) is 13.0. The number of thiol groups is 1. The molecule has 5 atom stereocenters. The summed E-state index contributed by atoms with van der Waals surface area (Å²) in [7, 11) is 0. The van der Waals surface area contributed by atoms with Crippen molar-refractivity contribution >= 4 is 24.2 Å². The molecule has 0 unspecified atom stereocenters. The molecule has 126 valence electrons. The van der Waals surface area contributed by atoms with Gasteiger partial charge in [-0.25, -0.2) is 0 Å². The maximum Gasteiger partial charge on any atom is 0.191 e. The van der Waals surface area contributed by atoms with E-state index in [-0.39, 0.29) is 22.5 Å². The standard InChI is InChI=1S/C21H24O2S/c1-11-12(2)18-19(24)15(22)8-10-21(18,4)14-7-9-20(3)13(17(11)14)5-6-16(20)23/h8,10,13-14,17,24H,1-2,5-7,9H2,3-4H3/t13-,14-,17-,20-,21+/m0/s1. The largest absolute Gasteiger partial charge is 0.299 e. The molecular weight excluding hydrogens is 316 g/mol. The average molecular weight is 340 g/mol. The number of rotatable bonds is 0. The van der Waals surface area contributed by atoms with Gasteiger partial charge in [0.25, 0.3) is 0 Å². The van der Waals surface area contributed by atoms with Gasteiger partial charge in [-0.15, -0.1) is 12.6 Å². The molecule has 0 aromatic carbocycles. The molecule has 0 spiro atoms. The van der Waals surface area contributed by atoms with E-state index in [4.69, 9.17) is 0 Å². The highest BCUT2D eigenvalue weighted by atomic mass is 32.1. The van der Waals surface area contributed by atoms with Gasteiger partial charge >= 0.3 is 0 Å². The summed E-state index contributed by atoms with van der Waals surface area (Å²) in [6, 6.07) is 0. The summed E-state index contributed by atoms with van der Waals surface area (Å²) in [5, 5.41) is 0. The predicted octanol–water partition coefficient (Wildman–Crippen LogP) is 4.45. The van der Waals surface area contributed by atoms with Crippen LogP contribution in [0, 0.1) is 28.6 Å². The molecule has 0 heterocycles. The van der Waals surface area contributed by atoms with Crippen LogP contribution in [0.3, 0.4) is 0 Å². The number of Topliss-reactive ketones (excluding diaryl/α,β-unsaturated/α-hetero) is 1. The molecule has 0 amide bonds. The van der Waals surface area contributed by atoms with E-state index < -0.39 is 0 Å². The second-order valence-corrected chi connectivity index (χ2v) is 8.81. The smallest absolute Gasteiger partial charge is 0.191 e. The number of hydrogen-bond donors (Lipinski definition) is 1. The Balaban J connectivity index is 1.87. The first-order valence-electron chi connectivity index (χ1n) is 8.81. The normalized spacial score (nSPS) is 44.5. The van der Waals surface area contributed by atoms with Gasteiger partial charge in [-0.05, 0) is 59.8 Å². The van der Waals surface area contributed by atoms with E-state index in [0.717, 1.165) is 36.0 Å². The van der Waals surface area contributed by atoms with Gasteiger partial charge in [-0.3, -0.25) is 9.59 Å². The van der Waals surface area contributed by atoms with Crippen molar-refractivity contribution in [2.45, 2.75) is 39.5 Å². The van der Waals surface area contributed by atoms with Crippen LogP contribution in [0.4, 0.5) is 0 Å².